The Labute approximate surface area is 104 Å². The molecule has 0 bridgehead atoms. The molecule has 1 fully saturated rings. The zero-order chi connectivity index (χ0) is 12.4. The molecule has 1 aromatic rings. The van der Waals surface area contributed by atoms with Gasteiger partial charge in [0.2, 0.25) is 0 Å². The lowest BCUT2D eigenvalue weighted by atomic mass is 10.1. The molecule has 1 aliphatic rings. The van der Waals surface area contributed by atoms with Gasteiger partial charge in [-0.1, -0.05) is 11.6 Å². The summed E-state index contributed by atoms with van der Waals surface area (Å²) in [5.74, 6) is 5.66. The van der Waals surface area contributed by atoms with E-state index in [0.717, 1.165) is 0 Å². The van der Waals surface area contributed by atoms with E-state index in [4.69, 9.17) is 27.9 Å². The van der Waals surface area contributed by atoms with Crippen LogP contribution in [0.1, 0.15) is 23.2 Å². The smallest absolute Gasteiger partial charge is 0.268 e. The summed E-state index contributed by atoms with van der Waals surface area (Å²) < 4.78 is 5.56. The van der Waals surface area contributed by atoms with E-state index in [1.54, 1.807) is 6.07 Å². The molecule has 0 saturated heterocycles. The largest absolute Gasteiger partial charge is 0.492 e. The summed E-state index contributed by atoms with van der Waals surface area (Å²) in [7, 11) is 0. The monoisotopic (exact) mass is 255 g/mol. The molecule has 0 aromatic heterocycles. The summed E-state index contributed by atoms with van der Waals surface area (Å²) in [6, 6.07) is 3.01. The highest BCUT2D eigenvalue weighted by Crippen LogP contribution is 2.33. The maximum absolute atomic E-state index is 11.5. The fourth-order valence-electron chi connectivity index (χ4n) is 1.44. The van der Waals surface area contributed by atoms with Crippen molar-refractivity contribution in [3.05, 3.63) is 22.7 Å². The van der Waals surface area contributed by atoms with Crippen LogP contribution < -0.4 is 21.7 Å². The van der Waals surface area contributed by atoms with E-state index < -0.39 is 5.91 Å². The van der Waals surface area contributed by atoms with Gasteiger partial charge in [0.15, 0.2) is 0 Å². The lowest BCUT2D eigenvalue weighted by molar-refractivity contribution is 0.0949. The first kappa shape index (κ1) is 12.0. The average Bonchev–Trinajstić information content (AvgIpc) is 3.13. The van der Waals surface area contributed by atoms with Crippen LogP contribution >= 0.6 is 11.6 Å². The fourth-order valence-corrected chi connectivity index (χ4v) is 1.60. The quantitative estimate of drug-likeness (QED) is 0.328. The van der Waals surface area contributed by atoms with Crippen molar-refractivity contribution in [3.63, 3.8) is 0 Å². The molecular formula is C11H14ClN3O2. The van der Waals surface area contributed by atoms with E-state index in [2.05, 4.69) is 5.43 Å². The molecule has 1 amide bonds. The number of anilines is 1. The van der Waals surface area contributed by atoms with Gasteiger partial charge < -0.3 is 10.5 Å². The van der Waals surface area contributed by atoms with Crippen LogP contribution in [0.3, 0.4) is 0 Å². The number of hydrogen-bond donors (Lipinski definition) is 3. The third-order valence-corrected chi connectivity index (χ3v) is 2.97. The second-order valence-electron chi connectivity index (χ2n) is 4.10. The predicted molar refractivity (Wildman–Crippen MR) is 65.7 cm³/mol. The molecule has 0 spiro atoms. The van der Waals surface area contributed by atoms with Gasteiger partial charge in [-0.25, -0.2) is 5.84 Å². The highest BCUT2D eigenvalue weighted by atomic mass is 35.5. The van der Waals surface area contributed by atoms with E-state index >= 15 is 0 Å². The van der Waals surface area contributed by atoms with Crippen molar-refractivity contribution in [3.8, 4) is 5.75 Å². The molecule has 1 saturated carbocycles. The van der Waals surface area contributed by atoms with Crippen LogP contribution in [0.4, 0.5) is 5.69 Å². The number of nitrogens with two attached hydrogens (primary N) is 2. The Morgan fingerprint density at radius 3 is 2.82 bits per heavy atom. The number of carbonyl (C=O) groups is 1. The van der Waals surface area contributed by atoms with Crippen LogP contribution in [0, 0.1) is 5.92 Å². The van der Waals surface area contributed by atoms with Gasteiger partial charge in [-0.05, 0) is 24.8 Å². The van der Waals surface area contributed by atoms with Crippen LogP contribution in [0.2, 0.25) is 5.02 Å². The summed E-state index contributed by atoms with van der Waals surface area (Å²) in [4.78, 5) is 11.5. The Balaban J connectivity index is 2.25. The molecule has 6 heteroatoms. The highest BCUT2D eigenvalue weighted by Gasteiger charge is 2.23. The van der Waals surface area contributed by atoms with E-state index in [1.807, 2.05) is 0 Å². The summed E-state index contributed by atoms with van der Waals surface area (Å²) in [5, 5.41) is 0.308. The third kappa shape index (κ3) is 2.81. The Hall–Kier alpha value is -1.46. The first-order valence-electron chi connectivity index (χ1n) is 5.34. The first-order valence-corrected chi connectivity index (χ1v) is 5.72. The van der Waals surface area contributed by atoms with Crippen molar-refractivity contribution in [2.45, 2.75) is 12.8 Å². The van der Waals surface area contributed by atoms with E-state index in [-0.39, 0.29) is 0 Å². The SMILES string of the molecule is NNC(=O)c1cc(Cl)c(N)cc1OCC1CC1. The molecule has 5 N–H and O–H groups in total. The minimum absolute atomic E-state index is 0.298. The fraction of sp³-hybridized carbons (Fsp3) is 0.364. The van der Waals surface area contributed by atoms with Gasteiger partial charge in [0.05, 0.1) is 22.9 Å². The summed E-state index contributed by atoms with van der Waals surface area (Å²) in [6.45, 7) is 0.589. The molecular weight excluding hydrogens is 242 g/mol. The van der Waals surface area contributed by atoms with Gasteiger partial charge in [0, 0.05) is 6.07 Å². The number of nitrogens with one attached hydrogen (secondary N) is 1. The molecule has 0 heterocycles. The van der Waals surface area contributed by atoms with Gasteiger partial charge in [0.25, 0.3) is 5.91 Å². The van der Waals surface area contributed by atoms with E-state index in [0.29, 0.717) is 34.5 Å². The van der Waals surface area contributed by atoms with Crippen molar-refractivity contribution in [2.75, 3.05) is 12.3 Å². The molecule has 92 valence electrons. The number of amides is 1. The summed E-state index contributed by atoms with van der Waals surface area (Å²) >= 11 is 5.86. The maximum atomic E-state index is 11.5. The third-order valence-electron chi connectivity index (χ3n) is 2.65. The summed E-state index contributed by atoms with van der Waals surface area (Å²) in [5.41, 5.74) is 8.41. The molecule has 1 aliphatic carbocycles. The van der Waals surface area contributed by atoms with Gasteiger partial charge >= 0.3 is 0 Å². The zero-order valence-electron chi connectivity index (χ0n) is 9.20. The number of nitrogen functional groups attached to an aromatic ring is 2. The molecule has 1 aromatic carbocycles. The molecule has 0 radical (unpaired) electrons. The van der Waals surface area contributed by atoms with Crippen LogP contribution in [-0.2, 0) is 0 Å². The number of hydrazine groups is 1. The minimum Gasteiger partial charge on any atom is -0.492 e. The minimum atomic E-state index is -0.447. The highest BCUT2D eigenvalue weighted by molar-refractivity contribution is 6.33. The van der Waals surface area contributed by atoms with Crippen molar-refractivity contribution in [2.24, 2.45) is 11.8 Å². The molecule has 5 nitrogen and oxygen atoms in total. The lowest BCUT2D eigenvalue weighted by Crippen LogP contribution is -2.30. The standard InChI is InChI=1S/C11H14ClN3O2/c12-8-3-7(11(16)15-14)10(4-9(8)13)17-5-6-1-2-6/h3-4,6H,1-2,5,13-14H2,(H,15,16). The van der Waals surface area contributed by atoms with E-state index in [1.165, 1.54) is 18.9 Å². The van der Waals surface area contributed by atoms with Crippen LogP contribution in [0.15, 0.2) is 12.1 Å². The number of ether oxygens (including phenoxy) is 1. The summed E-state index contributed by atoms with van der Waals surface area (Å²) in [6.07, 6.45) is 2.34. The molecule has 2 rings (SSSR count). The van der Waals surface area contributed by atoms with Gasteiger partial charge in [0.1, 0.15) is 5.75 Å². The second-order valence-corrected chi connectivity index (χ2v) is 4.50. The van der Waals surface area contributed by atoms with Gasteiger partial charge in [-0.3, -0.25) is 10.2 Å². The Morgan fingerprint density at radius 2 is 2.24 bits per heavy atom. The zero-order valence-corrected chi connectivity index (χ0v) is 9.96. The average molecular weight is 256 g/mol. The molecule has 17 heavy (non-hydrogen) atoms. The molecule has 0 unspecified atom stereocenters. The van der Waals surface area contributed by atoms with Crippen molar-refractivity contribution in [1.29, 1.82) is 0 Å². The molecule has 0 aliphatic heterocycles. The molecule has 0 atom stereocenters. The second kappa shape index (κ2) is 4.81. The van der Waals surface area contributed by atoms with E-state index in [9.17, 15) is 4.79 Å². The number of hydrogen-bond acceptors (Lipinski definition) is 4. The van der Waals surface area contributed by atoms with Gasteiger partial charge in [-0.15, -0.1) is 0 Å². The Kier molecular flexibility index (Phi) is 3.40. The number of rotatable bonds is 4. The number of halogens is 1. The van der Waals surface area contributed by atoms with Crippen molar-refractivity contribution >= 4 is 23.2 Å². The topological polar surface area (TPSA) is 90.4 Å². The van der Waals surface area contributed by atoms with Crippen LogP contribution in [0.25, 0.3) is 0 Å². The van der Waals surface area contributed by atoms with Crippen molar-refractivity contribution in [1.82, 2.24) is 5.43 Å². The van der Waals surface area contributed by atoms with Crippen molar-refractivity contribution < 1.29 is 9.53 Å². The maximum Gasteiger partial charge on any atom is 0.268 e. The van der Waals surface area contributed by atoms with Crippen LogP contribution in [0.5, 0.6) is 5.75 Å². The lowest BCUT2D eigenvalue weighted by Gasteiger charge is -2.12. The normalized spacial score (nSPS) is 14.5. The number of carbonyl (C=O) groups excluding carboxylic acids is 1. The van der Waals surface area contributed by atoms with Gasteiger partial charge in [-0.2, -0.15) is 0 Å². The Bertz CT molecular complexity index is 447. The number of benzene rings is 1. The predicted octanol–water partition coefficient (Wildman–Crippen LogP) is 1.31. The Morgan fingerprint density at radius 1 is 1.53 bits per heavy atom. The van der Waals surface area contributed by atoms with Crippen LogP contribution in [-0.4, -0.2) is 12.5 Å². The first-order chi connectivity index (χ1) is 8.11.